The van der Waals surface area contributed by atoms with Crippen molar-refractivity contribution < 1.29 is 0 Å². The first-order valence-corrected chi connectivity index (χ1v) is 6.28. The summed E-state index contributed by atoms with van der Waals surface area (Å²) >= 11 is 4.90. The van der Waals surface area contributed by atoms with Crippen molar-refractivity contribution in [3.05, 3.63) is 48.3 Å². The molecule has 0 aliphatic heterocycles. The molecular formula is C13H16N4S. The first kappa shape index (κ1) is 12.6. The van der Waals surface area contributed by atoms with Gasteiger partial charge in [-0.1, -0.05) is 12.2 Å². The predicted molar refractivity (Wildman–Crippen MR) is 77.7 cm³/mol. The van der Waals surface area contributed by atoms with E-state index in [-0.39, 0.29) is 0 Å². The normalized spacial score (nSPS) is 10.2. The number of nitrogens with zero attached hydrogens (tertiary/aromatic N) is 2. The van der Waals surface area contributed by atoms with Crippen LogP contribution in [0.5, 0.6) is 0 Å². The van der Waals surface area contributed by atoms with E-state index >= 15 is 0 Å². The monoisotopic (exact) mass is 260 g/mol. The Morgan fingerprint density at radius 3 is 2.72 bits per heavy atom. The number of benzene rings is 1. The van der Waals surface area contributed by atoms with Crippen molar-refractivity contribution in [1.29, 1.82) is 0 Å². The van der Waals surface area contributed by atoms with Crippen LogP contribution in [0.4, 0.5) is 5.69 Å². The minimum absolute atomic E-state index is 0.431. The van der Waals surface area contributed by atoms with Crippen LogP contribution in [0.15, 0.2) is 42.7 Å². The molecule has 0 fully saturated rings. The molecule has 0 aliphatic rings. The van der Waals surface area contributed by atoms with Crippen molar-refractivity contribution in [3.63, 3.8) is 0 Å². The van der Waals surface area contributed by atoms with Crippen molar-refractivity contribution in [2.45, 2.75) is 13.0 Å². The van der Waals surface area contributed by atoms with E-state index in [1.807, 2.05) is 41.2 Å². The molecule has 2 rings (SSSR count). The van der Waals surface area contributed by atoms with Gasteiger partial charge in [0.05, 0.1) is 0 Å². The second-order valence-corrected chi connectivity index (χ2v) is 4.43. The fraction of sp³-hybridized carbons (Fsp3) is 0.231. The minimum Gasteiger partial charge on any atom is -0.389 e. The lowest BCUT2D eigenvalue weighted by Crippen LogP contribution is -2.10. The number of rotatable bonds is 6. The van der Waals surface area contributed by atoms with Crippen LogP contribution in [-0.2, 0) is 6.54 Å². The molecule has 1 aromatic heterocycles. The van der Waals surface area contributed by atoms with Crippen LogP contribution in [0.2, 0.25) is 0 Å². The molecule has 4 nitrogen and oxygen atoms in total. The Morgan fingerprint density at radius 2 is 2.11 bits per heavy atom. The number of nitrogens with two attached hydrogens (primary N) is 1. The molecule has 2 aromatic rings. The van der Waals surface area contributed by atoms with Crippen LogP contribution in [0.25, 0.3) is 0 Å². The summed E-state index contributed by atoms with van der Waals surface area (Å²) in [7, 11) is 0. The molecule has 0 aliphatic carbocycles. The van der Waals surface area contributed by atoms with Crippen LogP contribution in [0.3, 0.4) is 0 Å². The predicted octanol–water partition coefficient (Wildman–Crippen LogP) is 2.02. The highest BCUT2D eigenvalue weighted by atomic mass is 32.1. The molecule has 94 valence electrons. The zero-order valence-electron chi connectivity index (χ0n) is 10.0. The second-order valence-electron chi connectivity index (χ2n) is 3.99. The summed E-state index contributed by atoms with van der Waals surface area (Å²) in [5.41, 5.74) is 7.52. The third kappa shape index (κ3) is 3.56. The summed E-state index contributed by atoms with van der Waals surface area (Å²) in [6.07, 6.45) is 4.79. The molecular weight excluding hydrogens is 244 g/mol. The SMILES string of the molecule is NC(=S)c1ccc(NCCCn2cccn2)cc1. The Kier molecular flexibility index (Phi) is 4.30. The molecule has 1 aromatic carbocycles. The average molecular weight is 260 g/mol. The summed E-state index contributed by atoms with van der Waals surface area (Å²) in [5, 5.41) is 7.50. The van der Waals surface area contributed by atoms with E-state index in [4.69, 9.17) is 18.0 Å². The Balaban J connectivity index is 1.75. The highest BCUT2D eigenvalue weighted by Crippen LogP contribution is 2.09. The fourth-order valence-electron chi connectivity index (χ4n) is 1.66. The van der Waals surface area contributed by atoms with Gasteiger partial charge in [0, 0.05) is 36.7 Å². The fourth-order valence-corrected chi connectivity index (χ4v) is 1.79. The van der Waals surface area contributed by atoms with Gasteiger partial charge in [-0.15, -0.1) is 0 Å². The van der Waals surface area contributed by atoms with Gasteiger partial charge in [-0.2, -0.15) is 5.10 Å². The standard InChI is InChI=1S/C13H16N4S/c14-13(18)11-3-5-12(6-4-11)15-7-1-9-17-10-2-8-16-17/h2-6,8,10,15H,1,7,9H2,(H2,14,18). The van der Waals surface area contributed by atoms with E-state index in [1.165, 1.54) is 0 Å². The van der Waals surface area contributed by atoms with Gasteiger partial charge in [-0.3, -0.25) is 4.68 Å². The molecule has 0 saturated heterocycles. The number of thiocarbonyl (C=S) groups is 1. The summed E-state index contributed by atoms with van der Waals surface area (Å²) in [6.45, 7) is 1.83. The van der Waals surface area contributed by atoms with Gasteiger partial charge in [-0.25, -0.2) is 0 Å². The smallest absolute Gasteiger partial charge is 0.103 e. The first-order chi connectivity index (χ1) is 8.75. The van der Waals surface area contributed by atoms with Crippen LogP contribution >= 0.6 is 12.2 Å². The first-order valence-electron chi connectivity index (χ1n) is 5.87. The van der Waals surface area contributed by atoms with Gasteiger partial charge in [0.15, 0.2) is 0 Å². The maximum absolute atomic E-state index is 5.54. The molecule has 0 saturated carbocycles. The second kappa shape index (κ2) is 6.16. The summed E-state index contributed by atoms with van der Waals surface area (Å²) in [5.74, 6) is 0. The maximum atomic E-state index is 5.54. The Bertz CT molecular complexity index is 490. The lowest BCUT2D eigenvalue weighted by molar-refractivity contribution is 0.592. The highest BCUT2D eigenvalue weighted by Gasteiger charge is 1.96. The van der Waals surface area contributed by atoms with Crippen molar-refractivity contribution in [1.82, 2.24) is 9.78 Å². The Morgan fingerprint density at radius 1 is 1.33 bits per heavy atom. The molecule has 0 radical (unpaired) electrons. The number of anilines is 1. The Labute approximate surface area is 112 Å². The van der Waals surface area contributed by atoms with E-state index in [2.05, 4.69) is 10.4 Å². The zero-order valence-corrected chi connectivity index (χ0v) is 10.9. The zero-order chi connectivity index (χ0) is 12.8. The van der Waals surface area contributed by atoms with E-state index in [0.717, 1.165) is 30.8 Å². The quantitative estimate of drug-likeness (QED) is 0.616. The topological polar surface area (TPSA) is 55.9 Å². The van der Waals surface area contributed by atoms with Crippen molar-refractivity contribution in [3.8, 4) is 0 Å². The van der Waals surface area contributed by atoms with Gasteiger partial charge in [0.2, 0.25) is 0 Å². The van der Waals surface area contributed by atoms with E-state index in [1.54, 1.807) is 6.20 Å². The number of hydrogen-bond donors (Lipinski definition) is 2. The third-order valence-electron chi connectivity index (χ3n) is 2.62. The van der Waals surface area contributed by atoms with Crippen molar-refractivity contribution in [2.24, 2.45) is 5.73 Å². The van der Waals surface area contributed by atoms with Crippen LogP contribution in [0.1, 0.15) is 12.0 Å². The molecule has 0 bridgehead atoms. The largest absolute Gasteiger partial charge is 0.389 e. The van der Waals surface area contributed by atoms with Crippen LogP contribution < -0.4 is 11.1 Å². The summed E-state index contributed by atoms with van der Waals surface area (Å²) < 4.78 is 1.93. The summed E-state index contributed by atoms with van der Waals surface area (Å²) in [4.78, 5) is 0.431. The molecule has 1 heterocycles. The molecule has 0 unspecified atom stereocenters. The number of aromatic nitrogens is 2. The third-order valence-corrected chi connectivity index (χ3v) is 2.86. The molecule has 0 atom stereocenters. The van der Waals surface area contributed by atoms with Gasteiger partial charge < -0.3 is 11.1 Å². The molecule has 5 heteroatoms. The molecule has 0 amide bonds. The highest BCUT2D eigenvalue weighted by molar-refractivity contribution is 7.80. The number of aryl methyl sites for hydroxylation is 1. The molecule has 18 heavy (non-hydrogen) atoms. The maximum Gasteiger partial charge on any atom is 0.103 e. The molecule has 0 spiro atoms. The summed E-state index contributed by atoms with van der Waals surface area (Å²) in [6, 6.07) is 9.77. The molecule has 3 N–H and O–H groups in total. The Hall–Kier alpha value is -1.88. The average Bonchev–Trinajstić information content (AvgIpc) is 2.88. The lowest BCUT2D eigenvalue weighted by Gasteiger charge is -2.07. The van der Waals surface area contributed by atoms with Gasteiger partial charge in [0.25, 0.3) is 0 Å². The van der Waals surface area contributed by atoms with Gasteiger partial charge >= 0.3 is 0 Å². The number of nitrogens with one attached hydrogen (secondary N) is 1. The lowest BCUT2D eigenvalue weighted by atomic mass is 10.2. The van der Waals surface area contributed by atoms with Crippen molar-refractivity contribution >= 4 is 22.9 Å². The number of hydrogen-bond acceptors (Lipinski definition) is 3. The van der Waals surface area contributed by atoms with E-state index in [9.17, 15) is 0 Å². The van der Waals surface area contributed by atoms with Gasteiger partial charge in [-0.05, 0) is 36.8 Å². The van der Waals surface area contributed by atoms with Gasteiger partial charge in [0.1, 0.15) is 4.99 Å². The van der Waals surface area contributed by atoms with Crippen molar-refractivity contribution in [2.75, 3.05) is 11.9 Å². The van der Waals surface area contributed by atoms with E-state index in [0.29, 0.717) is 4.99 Å². The van der Waals surface area contributed by atoms with Crippen LogP contribution in [0, 0.1) is 0 Å². The van der Waals surface area contributed by atoms with Crippen LogP contribution in [-0.4, -0.2) is 21.3 Å². The minimum atomic E-state index is 0.431. The van der Waals surface area contributed by atoms with E-state index < -0.39 is 0 Å².